The molecule has 8 heteroatoms. The summed E-state index contributed by atoms with van der Waals surface area (Å²) < 4.78 is 30.9. The van der Waals surface area contributed by atoms with E-state index in [4.69, 9.17) is 15.9 Å². The highest BCUT2D eigenvalue weighted by Crippen LogP contribution is 2.42. The zero-order chi connectivity index (χ0) is 15.0. The largest absolute Gasteiger partial charge is 0.455 e. The second-order valence-electron chi connectivity index (χ2n) is 4.49. The molecule has 0 spiro atoms. The molecule has 0 aliphatic carbocycles. The second-order valence-corrected chi connectivity index (χ2v) is 7.39. The summed E-state index contributed by atoms with van der Waals surface area (Å²) in [6, 6.07) is 11.6. The molecule has 1 aliphatic rings. The van der Waals surface area contributed by atoms with Crippen molar-refractivity contribution in [1.82, 2.24) is 0 Å². The van der Waals surface area contributed by atoms with Gasteiger partial charge in [-0.3, -0.25) is 5.41 Å². The van der Waals surface area contributed by atoms with E-state index in [1.54, 1.807) is 36.4 Å². The highest BCUT2D eigenvalue weighted by atomic mass is 35.5. The van der Waals surface area contributed by atoms with E-state index in [1.807, 2.05) is 0 Å². The van der Waals surface area contributed by atoms with Crippen LogP contribution in [-0.4, -0.2) is 13.6 Å². The predicted molar refractivity (Wildman–Crippen MR) is 88.9 cm³/mol. The third kappa shape index (κ3) is 2.92. The fourth-order valence-electron chi connectivity index (χ4n) is 2.09. The van der Waals surface area contributed by atoms with Crippen molar-refractivity contribution >= 4 is 39.2 Å². The average molecular weight is 357 g/mol. The Morgan fingerprint density at radius 2 is 1.82 bits per heavy atom. The van der Waals surface area contributed by atoms with Gasteiger partial charge in [0.2, 0.25) is 9.84 Å². The number of thioether (sulfide) groups is 1. The second kappa shape index (κ2) is 6.20. The molecular weight excluding hydrogens is 344 g/mol. The van der Waals surface area contributed by atoms with Crippen LogP contribution in [0.5, 0.6) is 11.5 Å². The van der Waals surface area contributed by atoms with Gasteiger partial charge in [-0.05, 0) is 29.8 Å². The van der Waals surface area contributed by atoms with Crippen molar-refractivity contribution < 1.29 is 13.2 Å². The fraction of sp³-hybridized carbons (Fsp3) is 0.0714. The van der Waals surface area contributed by atoms with Crippen LogP contribution in [0.15, 0.2) is 52.3 Å². The number of amidine groups is 1. The zero-order valence-corrected chi connectivity index (χ0v) is 13.7. The summed E-state index contributed by atoms with van der Waals surface area (Å²) in [6.45, 7) is 0. The van der Waals surface area contributed by atoms with E-state index in [0.717, 1.165) is 17.3 Å². The minimum Gasteiger partial charge on any atom is -0.455 e. The van der Waals surface area contributed by atoms with E-state index in [9.17, 15) is 8.42 Å². The minimum absolute atomic E-state index is 0. The van der Waals surface area contributed by atoms with E-state index in [2.05, 4.69) is 0 Å². The van der Waals surface area contributed by atoms with Crippen molar-refractivity contribution in [3.05, 3.63) is 48.0 Å². The van der Waals surface area contributed by atoms with Crippen LogP contribution in [-0.2, 0) is 15.6 Å². The molecule has 1 heterocycles. The number of nitrogens with two attached hydrogens (primary N) is 1. The Morgan fingerprint density at radius 3 is 2.55 bits per heavy atom. The molecule has 0 aromatic heterocycles. The van der Waals surface area contributed by atoms with Gasteiger partial charge in [-0.2, -0.15) is 0 Å². The molecule has 0 bridgehead atoms. The van der Waals surface area contributed by atoms with Crippen molar-refractivity contribution in [2.45, 2.75) is 15.5 Å². The molecule has 3 rings (SSSR count). The standard InChI is InChI=1S/C14H12N2O3S2.ClH/c15-14(16)20-8-9-5-6-11-13(7-9)21(17,18)12-4-2-1-3-10(12)19-11;/h1-7H,8H2,(H3,15,16);1H. The van der Waals surface area contributed by atoms with Gasteiger partial charge in [-0.15, -0.1) is 12.4 Å². The first-order chi connectivity index (χ1) is 9.98. The van der Waals surface area contributed by atoms with E-state index < -0.39 is 9.84 Å². The third-order valence-corrected chi connectivity index (χ3v) is 5.65. The zero-order valence-electron chi connectivity index (χ0n) is 11.3. The quantitative estimate of drug-likeness (QED) is 0.543. The van der Waals surface area contributed by atoms with Crippen LogP contribution in [0.1, 0.15) is 5.56 Å². The minimum atomic E-state index is -3.58. The fourth-order valence-corrected chi connectivity index (χ4v) is 4.14. The van der Waals surface area contributed by atoms with Gasteiger partial charge in [0.15, 0.2) is 5.17 Å². The number of para-hydroxylation sites is 1. The molecule has 1 aliphatic heterocycles. The molecule has 0 saturated carbocycles. The molecule has 116 valence electrons. The lowest BCUT2D eigenvalue weighted by Gasteiger charge is -2.20. The molecule has 0 atom stereocenters. The number of hydrogen-bond donors (Lipinski definition) is 2. The van der Waals surface area contributed by atoms with Crippen molar-refractivity contribution in [2.75, 3.05) is 0 Å². The number of nitrogens with one attached hydrogen (secondary N) is 1. The van der Waals surface area contributed by atoms with Gasteiger partial charge in [0, 0.05) is 5.75 Å². The van der Waals surface area contributed by atoms with Crippen LogP contribution in [0.3, 0.4) is 0 Å². The maximum absolute atomic E-state index is 12.6. The maximum Gasteiger partial charge on any atom is 0.213 e. The molecule has 0 fully saturated rings. The summed E-state index contributed by atoms with van der Waals surface area (Å²) in [6.07, 6.45) is 0. The van der Waals surface area contributed by atoms with Crippen molar-refractivity contribution in [2.24, 2.45) is 5.73 Å². The smallest absolute Gasteiger partial charge is 0.213 e. The first-order valence-corrected chi connectivity index (χ1v) is 8.57. The van der Waals surface area contributed by atoms with Gasteiger partial charge in [0.1, 0.15) is 21.3 Å². The summed E-state index contributed by atoms with van der Waals surface area (Å²) in [7, 11) is -3.58. The predicted octanol–water partition coefficient (Wildman–Crippen LogP) is 3.17. The van der Waals surface area contributed by atoms with Gasteiger partial charge >= 0.3 is 0 Å². The number of ether oxygens (including phenoxy) is 1. The lowest BCUT2D eigenvalue weighted by molar-refractivity contribution is 0.442. The van der Waals surface area contributed by atoms with Crippen molar-refractivity contribution in [3.63, 3.8) is 0 Å². The lowest BCUT2D eigenvalue weighted by atomic mass is 10.2. The molecule has 0 radical (unpaired) electrons. The normalized spacial score (nSPS) is 14.0. The molecule has 0 saturated heterocycles. The topological polar surface area (TPSA) is 93.2 Å². The molecule has 2 aromatic carbocycles. The van der Waals surface area contributed by atoms with E-state index >= 15 is 0 Å². The summed E-state index contributed by atoms with van der Waals surface area (Å²) in [5.74, 6) is 1.11. The van der Waals surface area contributed by atoms with Gasteiger partial charge in [-0.25, -0.2) is 8.42 Å². The summed E-state index contributed by atoms with van der Waals surface area (Å²) in [5, 5.41) is 7.20. The van der Waals surface area contributed by atoms with Crippen LogP contribution < -0.4 is 10.5 Å². The van der Waals surface area contributed by atoms with Gasteiger partial charge in [0.25, 0.3) is 0 Å². The molecule has 5 nitrogen and oxygen atoms in total. The van der Waals surface area contributed by atoms with Crippen LogP contribution in [0.25, 0.3) is 0 Å². The Kier molecular flexibility index (Phi) is 4.69. The van der Waals surface area contributed by atoms with Crippen LogP contribution in [0.2, 0.25) is 0 Å². The Hall–Kier alpha value is -1.70. The number of rotatable bonds is 2. The average Bonchev–Trinajstić information content (AvgIpc) is 2.45. The molecule has 2 aromatic rings. The Labute approximate surface area is 138 Å². The molecule has 0 unspecified atom stereocenters. The molecule has 3 N–H and O–H groups in total. The van der Waals surface area contributed by atoms with E-state index in [0.29, 0.717) is 17.3 Å². The first kappa shape index (κ1) is 16.7. The Balaban J connectivity index is 0.00000176. The number of benzene rings is 2. The monoisotopic (exact) mass is 356 g/mol. The van der Waals surface area contributed by atoms with E-state index in [-0.39, 0.29) is 27.4 Å². The maximum atomic E-state index is 12.6. The van der Waals surface area contributed by atoms with Gasteiger partial charge in [0.05, 0.1) is 0 Å². The summed E-state index contributed by atoms with van der Waals surface area (Å²) >= 11 is 1.15. The van der Waals surface area contributed by atoms with Gasteiger partial charge < -0.3 is 10.5 Å². The molecule has 0 amide bonds. The van der Waals surface area contributed by atoms with Crippen molar-refractivity contribution in [3.8, 4) is 11.5 Å². The lowest BCUT2D eigenvalue weighted by Crippen LogP contribution is -2.11. The Morgan fingerprint density at radius 1 is 1.14 bits per heavy atom. The van der Waals surface area contributed by atoms with Crippen molar-refractivity contribution in [1.29, 1.82) is 5.41 Å². The van der Waals surface area contributed by atoms with Crippen LogP contribution in [0, 0.1) is 5.41 Å². The SMILES string of the molecule is Cl.N=C(N)SCc1ccc2c(c1)S(=O)(=O)c1ccccc1O2. The number of fused-ring (bicyclic) bond motifs is 2. The van der Waals surface area contributed by atoms with Gasteiger partial charge in [-0.1, -0.05) is 30.0 Å². The Bertz CT molecular complexity index is 838. The first-order valence-electron chi connectivity index (χ1n) is 6.10. The highest BCUT2D eigenvalue weighted by molar-refractivity contribution is 8.13. The number of halogens is 1. The van der Waals surface area contributed by atoms with Crippen LogP contribution in [0.4, 0.5) is 0 Å². The summed E-state index contributed by atoms with van der Waals surface area (Å²) in [4.78, 5) is 0.330. The number of hydrogen-bond acceptors (Lipinski definition) is 5. The highest BCUT2D eigenvalue weighted by Gasteiger charge is 2.31. The summed E-state index contributed by atoms with van der Waals surface area (Å²) in [5.41, 5.74) is 6.08. The molecular formula is C14H13ClN2O3S2. The number of sulfone groups is 1. The van der Waals surface area contributed by atoms with E-state index in [1.165, 1.54) is 6.07 Å². The molecule has 22 heavy (non-hydrogen) atoms. The van der Waals surface area contributed by atoms with Crippen LogP contribution >= 0.6 is 24.2 Å². The third-order valence-electron chi connectivity index (χ3n) is 3.05.